The lowest BCUT2D eigenvalue weighted by Crippen LogP contribution is -2.61. The summed E-state index contributed by atoms with van der Waals surface area (Å²) in [6, 6.07) is -2.07. The zero-order valence-corrected chi connectivity index (χ0v) is 39.9. The number of nitrogens with zero attached hydrogens (tertiary/aromatic N) is 1. The minimum atomic E-state index is -2.46. The van der Waals surface area contributed by atoms with E-state index < -0.39 is 108 Å². The molecule has 0 aromatic heterocycles. The number of carbonyl (C=O) groups is 5. The molecule has 3 heterocycles. The minimum Gasteiger partial charge on any atom is -0.459 e. The molecule has 0 aromatic rings. The predicted octanol–water partition coefficient (Wildman–Crippen LogP) is 4.61. The van der Waals surface area contributed by atoms with Crippen LogP contribution >= 0.6 is 0 Å². The standard InChI is InChI=1S/C50H78N2O13/c1-29-15-10-9-11-16-30(2)41(62-7)27-36-21-20-34(6)50(61,65-36)47(58)48(59)52-22-13-12-18-38(52)49(60)64-42(37(51)25-35-17-14-19-39(53)43(26-35)63-8)28-40(54)31(3)24-33(5)45(56)46(57)44(55)32(4)23-29/h9-11,15-16,24,29,31-32,34-39,41-43,45-46,53,56-57,61H,12-14,17-23,25-28,51H2,1-8H3/b11-9+,15-10+,30-16+,33-24+/t29-,31-,32-,34-,35-,36+,37-,38+,39-,41+,42+,43-,45-,46+,50-/m1/s1. The van der Waals surface area contributed by atoms with Crippen molar-refractivity contribution in [3.05, 3.63) is 47.6 Å². The molecule has 15 nitrogen and oxygen atoms in total. The van der Waals surface area contributed by atoms with Crippen molar-refractivity contribution in [1.82, 2.24) is 4.90 Å². The fourth-order valence-corrected chi connectivity index (χ4v) is 9.88. The first-order valence-electron chi connectivity index (χ1n) is 23.8. The number of allylic oxidation sites excluding steroid dienone is 6. The molecule has 6 N–H and O–H groups in total. The van der Waals surface area contributed by atoms with Gasteiger partial charge in [0, 0.05) is 57.4 Å². The number of carbonyl (C=O) groups excluding carboxylic acids is 5. The van der Waals surface area contributed by atoms with E-state index in [-0.39, 0.29) is 36.8 Å². The molecular weight excluding hydrogens is 837 g/mol. The Morgan fingerprint density at radius 2 is 1.57 bits per heavy atom. The van der Waals surface area contributed by atoms with Gasteiger partial charge in [0.1, 0.15) is 30.1 Å². The van der Waals surface area contributed by atoms with E-state index in [4.69, 9.17) is 24.7 Å². The number of fused-ring (bicyclic) bond motifs is 3. The Morgan fingerprint density at radius 1 is 0.846 bits per heavy atom. The second-order valence-corrected chi connectivity index (χ2v) is 19.4. The Bertz CT molecular complexity index is 1760. The monoisotopic (exact) mass is 915 g/mol. The first kappa shape index (κ1) is 54.2. The summed E-state index contributed by atoms with van der Waals surface area (Å²) < 4.78 is 23.6. The van der Waals surface area contributed by atoms with Crippen molar-refractivity contribution in [2.24, 2.45) is 35.3 Å². The third-order valence-electron chi connectivity index (χ3n) is 14.2. The first-order chi connectivity index (χ1) is 30.7. The molecule has 3 aliphatic heterocycles. The average molecular weight is 915 g/mol. The van der Waals surface area contributed by atoms with Crippen molar-refractivity contribution in [1.29, 1.82) is 0 Å². The molecule has 0 spiro atoms. The number of cyclic esters (lactones) is 1. The van der Waals surface area contributed by atoms with Crippen LogP contribution in [0.3, 0.4) is 0 Å². The highest BCUT2D eigenvalue weighted by molar-refractivity contribution is 6.39. The molecule has 0 radical (unpaired) electrons. The van der Waals surface area contributed by atoms with Gasteiger partial charge in [0.25, 0.3) is 11.7 Å². The molecule has 4 rings (SSSR count). The van der Waals surface area contributed by atoms with Gasteiger partial charge in [0.05, 0.1) is 24.4 Å². The maximum absolute atomic E-state index is 14.3. The summed E-state index contributed by atoms with van der Waals surface area (Å²) >= 11 is 0. The molecule has 1 aliphatic carbocycles. The van der Waals surface area contributed by atoms with E-state index >= 15 is 0 Å². The van der Waals surface area contributed by atoms with Crippen molar-refractivity contribution in [2.45, 2.75) is 186 Å². The van der Waals surface area contributed by atoms with Crippen LogP contribution in [0.2, 0.25) is 0 Å². The van der Waals surface area contributed by atoms with Crippen LogP contribution in [-0.4, -0.2) is 136 Å². The number of Topliss-reactive ketones (excluding diaryl/α,β-unsaturated/α-hetero) is 3. The number of hydrogen-bond donors (Lipinski definition) is 5. The van der Waals surface area contributed by atoms with Crippen LogP contribution in [0.4, 0.5) is 0 Å². The summed E-state index contributed by atoms with van der Waals surface area (Å²) in [4.78, 5) is 71.2. The summed E-state index contributed by atoms with van der Waals surface area (Å²) in [6.07, 6.45) is 9.53. The molecule has 3 fully saturated rings. The predicted molar refractivity (Wildman–Crippen MR) is 244 cm³/mol. The smallest absolute Gasteiger partial charge is 0.329 e. The van der Waals surface area contributed by atoms with Crippen molar-refractivity contribution in [2.75, 3.05) is 20.8 Å². The Hall–Kier alpha value is -3.41. The van der Waals surface area contributed by atoms with E-state index in [0.29, 0.717) is 57.8 Å². The average Bonchev–Trinajstić information content (AvgIpc) is 3.46. The number of piperidine rings is 1. The Kier molecular flexibility index (Phi) is 20.9. The van der Waals surface area contributed by atoms with E-state index in [0.717, 1.165) is 23.3 Å². The number of methoxy groups -OCH3 is 2. The highest BCUT2D eigenvalue weighted by Gasteiger charge is 2.53. The van der Waals surface area contributed by atoms with Gasteiger partial charge in [0.15, 0.2) is 5.78 Å². The van der Waals surface area contributed by atoms with Crippen molar-refractivity contribution in [3.63, 3.8) is 0 Å². The van der Waals surface area contributed by atoms with Crippen LogP contribution in [-0.2, 0) is 42.9 Å². The molecule has 366 valence electrons. The summed E-state index contributed by atoms with van der Waals surface area (Å²) in [5.74, 6) is -8.71. The fraction of sp³-hybridized carbons (Fsp3) is 0.740. The summed E-state index contributed by atoms with van der Waals surface area (Å²) in [7, 11) is 3.10. The number of amides is 1. The largest absolute Gasteiger partial charge is 0.459 e. The van der Waals surface area contributed by atoms with Gasteiger partial charge in [-0.3, -0.25) is 19.2 Å². The molecule has 1 saturated carbocycles. The molecule has 15 atom stereocenters. The quantitative estimate of drug-likeness (QED) is 0.110. The molecule has 2 saturated heterocycles. The topological polar surface area (TPSA) is 232 Å². The van der Waals surface area contributed by atoms with E-state index in [9.17, 15) is 44.4 Å². The molecule has 15 heteroatoms. The lowest BCUT2D eigenvalue weighted by molar-refractivity contribution is -0.265. The molecule has 1 amide bonds. The van der Waals surface area contributed by atoms with Crippen LogP contribution in [0.1, 0.15) is 125 Å². The van der Waals surface area contributed by atoms with Crippen LogP contribution < -0.4 is 5.73 Å². The summed E-state index contributed by atoms with van der Waals surface area (Å²) in [5.41, 5.74) is 7.92. The Balaban J connectivity index is 1.70. The summed E-state index contributed by atoms with van der Waals surface area (Å²) in [6.45, 7) is 10.4. The molecular formula is C50H78N2O13. The molecule has 65 heavy (non-hydrogen) atoms. The van der Waals surface area contributed by atoms with E-state index in [1.54, 1.807) is 27.9 Å². The maximum atomic E-state index is 14.3. The van der Waals surface area contributed by atoms with Crippen LogP contribution in [0.15, 0.2) is 47.6 Å². The second-order valence-electron chi connectivity index (χ2n) is 19.4. The van der Waals surface area contributed by atoms with Crippen molar-refractivity contribution in [3.8, 4) is 0 Å². The van der Waals surface area contributed by atoms with Gasteiger partial charge >= 0.3 is 5.97 Å². The lowest BCUT2D eigenvalue weighted by Gasteiger charge is -2.42. The van der Waals surface area contributed by atoms with E-state index in [2.05, 4.69) is 0 Å². The normalized spacial score (nSPS) is 40.6. The van der Waals surface area contributed by atoms with E-state index in [1.807, 2.05) is 44.2 Å². The lowest BCUT2D eigenvalue weighted by atomic mass is 9.85. The number of nitrogens with two attached hydrogens (primary N) is 1. The minimum absolute atomic E-state index is 0.0333. The highest BCUT2D eigenvalue weighted by Crippen LogP contribution is 2.37. The Morgan fingerprint density at radius 3 is 2.26 bits per heavy atom. The number of aliphatic hydroxyl groups excluding tert-OH is 3. The van der Waals surface area contributed by atoms with Crippen LogP contribution in [0.5, 0.6) is 0 Å². The zero-order valence-electron chi connectivity index (χ0n) is 39.9. The van der Waals surface area contributed by atoms with Gasteiger partial charge < -0.3 is 50.0 Å². The molecule has 4 aliphatic rings. The number of rotatable bonds is 5. The second kappa shape index (κ2) is 25.1. The van der Waals surface area contributed by atoms with Gasteiger partial charge in [-0.2, -0.15) is 0 Å². The van der Waals surface area contributed by atoms with Crippen molar-refractivity contribution < 1.29 is 63.3 Å². The number of esters is 1. The van der Waals surface area contributed by atoms with Crippen molar-refractivity contribution >= 4 is 29.2 Å². The molecule has 0 unspecified atom stereocenters. The SMILES string of the molecule is CO[C@H]1C[C@@H]2CC[C@@H](C)[C@@](O)(O2)C(=O)C(=O)N2CCCC[C@H]2C(=O)O[C@H]([C@H](N)C[C@H]2CCC[C@@H](O)[C@H](OC)C2)CC(=O)[C@H](C)/C=C(\C)[C@@H](O)[C@@H](O)C(=O)[C@H](C)C[C@H](C)/C=C/C=C/C=C/1C. The van der Waals surface area contributed by atoms with Gasteiger partial charge in [-0.15, -0.1) is 0 Å². The number of aliphatic hydroxyl groups is 4. The van der Waals surface area contributed by atoms with Gasteiger partial charge in [-0.1, -0.05) is 77.0 Å². The molecule has 0 aromatic carbocycles. The Labute approximate surface area is 385 Å². The number of ether oxygens (including phenoxy) is 4. The fourth-order valence-electron chi connectivity index (χ4n) is 9.88. The third kappa shape index (κ3) is 14.5. The van der Waals surface area contributed by atoms with Gasteiger partial charge in [0.2, 0.25) is 5.79 Å². The first-order valence-corrected chi connectivity index (χ1v) is 23.8. The molecule has 2 bridgehead atoms. The highest BCUT2D eigenvalue weighted by atomic mass is 16.6. The van der Waals surface area contributed by atoms with Gasteiger partial charge in [-0.05, 0) is 94.6 Å². The third-order valence-corrected chi connectivity index (χ3v) is 14.2. The number of ketones is 3. The number of hydrogen-bond acceptors (Lipinski definition) is 14. The zero-order chi connectivity index (χ0) is 48.2. The van der Waals surface area contributed by atoms with Gasteiger partial charge in [-0.25, -0.2) is 4.79 Å². The van der Waals surface area contributed by atoms with E-state index in [1.165, 1.54) is 20.1 Å². The summed E-state index contributed by atoms with van der Waals surface area (Å²) in [5, 5.41) is 44.6. The van der Waals surface area contributed by atoms with Crippen LogP contribution in [0.25, 0.3) is 0 Å². The van der Waals surface area contributed by atoms with Crippen LogP contribution in [0, 0.1) is 29.6 Å². The maximum Gasteiger partial charge on any atom is 0.329 e.